The highest BCUT2D eigenvalue weighted by atomic mass is 16.5. The summed E-state index contributed by atoms with van der Waals surface area (Å²) >= 11 is 0. The molecule has 3 N–H and O–H groups in total. The molecule has 0 saturated carbocycles. The van der Waals surface area contributed by atoms with E-state index >= 15 is 0 Å². The first-order chi connectivity index (χ1) is 16.4. The summed E-state index contributed by atoms with van der Waals surface area (Å²) < 4.78 is 5.42. The number of hydrogen-bond acceptors (Lipinski definition) is 5. The van der Waals surface area contributed by atoms with E-state index in [1.165, 1.54) is 0 Å². The third kappa shape index (κ3) is 4.78. The topological polar surface area (TPSA) is 116 Å². The minimum absolute atomic E-state index is 0.0151. The maximum atomic E-state index is 13.5. The first-order valence-corrected chi connectivity index (χ1v) is 11.9. The van der Waals surface area contributed by atoms with Crippen molar-refractivity contribution < 1.29 is 19.1 Å². The lowest BCUT2D eigenvalue weighted by Gasteiger charge is -2.26. The molecule has 0 radical (unpaired) electrons. The van der Waals surface area contributed by atoms with Crippen LogP contribution in [0.25, 0.3) is 10.9 Å². The number of methoxy groups -OCH3 is 1. The van der Waals surface area contributed by atoms with Crippen molar-refractivity contribution in [3.63, 3.8) is 0 Å². The second-order valence-corrected chi connectivity index (χ2v) is 9.21. The molecule has 9 nitrogen and oxygen atoms in total. The van der Waals surface area contributed by atoms with Crippen molar-refractivity contribution in [1.82, 2.24) is 20.5 Å². The van der Waals surface area contributed by atoms with Gasteiger partial charge in [-0.25, -0.2) is 0 Å². The molecule has 182 valence electrons. The summed E-state index contributed by atoms with van der Waals surface area (Å²) in [7, 11) is 1.60. The highest BCUT2D eigenvalue weighted by molar-refractivity contribution is 6.01. The standard InChI is InChI=1S/C25H33N5O4/c1-4-15-10-21(24(32)28-17(13-26-2)11-16-8-9-27-23(16)31)30(14-15)25(33)20-12-18-19(29-20)6-5-7-22(18)34-3/h5-7,12,15-17,21,29H,2,4,8-11,13-14H2,1,3H3,(H,27,31)(H,28,32). The molecule has 1 aromatic carbocycles. The van der Waals surface area contributed by atoms with Crippen LogP contribution in [-0.4, -0.2) is 73.2 Å². The SMILES string of the molecule is C=NCC(CC1CCNC1=O)NC(=O)C1CC(CC)CN1C(=O)c1cc2c(OC)cccc2[nH]1. The Balaban J connectivity index is 1.52. The number of nitrogens with zero attached hydrogens (tertiary/aromatic N) is 2. The van der Waals surface area contributed by atoms with Gasteiger partial charge in [0.1, 0.15) is 17.5 Å². The van der Waals surface area contributed by atoms with Crippen molar-refractivity contribution in [2.24, 2.45) is 16.8 Å². The number of amides is 3. The number of benzene rings is 1. The van der Waals surface area contributed by atoms with Crippen LogP contribution in [0.15, 0.2) is 29.3 Å². The average molecular weight is 468 g/mol. The number of aliphatic imine (C=N–C) groups is 1. The predicted octanol–water partition coefficient (Wildman–Crippen LogP) is 2.13. The minimum Gasteiger partial charge on any atom is -0.496 e. The van der Waals surface area contributed by atoms with Crippen LogP contribution in [0.4, 0.5) is 0 Å². The van der Waals surface area contributed by atoms with Crippen LogP contribution in [0.1, 0.15) is 43.1 Å². The number of rotatable bonds is 9. The van der Waals surface area contributed by atoms with Crippen LogP contribution in [0.2, 0.25) is 0 Å². The highest BCUT2D eigenvalue weighted by Crippen LogP contribution is 2.30. The van der Waals surface area contributed by atoms with Crippen molar-refractivity contribution >= 4 is 35.3 Å². The molecule has 0 aliphatic carbocycles. The van der Waals surface area contributed by atoms with Crippen molar-refractivity contribution in [1.29, 1.82) is 0 Å². The van der Waals surface area contributed by atoms with Gasteiger partial charge >= 0.3 is 0 Å². The second-order valence-electron chi connectivity index (χ2n) is 9.21. The number of H-pyrrole nitrogens is 1. The smallest absolute Gasteiger partial charge is 0.270 e. The molecule has 2 saturated heterocycles. The number of ether oxygens (including phenoxy) is 1. The largest absolute Gasteiger partial charge is 0.496 e. The lowest BCUT2D eigenvalue weighted by molar-refractivity contribution is -0.127. The van der Waals surface area contributed by atoms with E-state index in [0.717, 1.165) is 23.7 Å². The van der Waals surface area contributed by atoms with Crippen molar-refractivity contribution in [3.05, 3.63) is 30.0 Å². The Hall–Kier alpha value is -3.36. The zero-order chi connectivity index (χ0) is 24.2. The summed E-state index contributed by atoms with van der Waals surface area (Å²) in [5.41, 5.74) is 1.24. The monoisotopic (exact) mass is 467 g/mol. The first-order valence-electron chi connectivity index (χ1n) is 11.9. The molecule has 3 heterocycles. The van der Waals surface area contributed by atoms with Gasteiger partial charge in [0.25, 0.3) is 5.91 Å². The molecule has 4 unspecified atom stereocenters. The molecule has 2 aromatic rings. The molecule has 9 heteroatoms. The van der Waals surface area contributed by atoms with Gasteiger partial charge < -0.3 is 25.3 Å². The van der Waals surface area contributed by atoms with Gasteiger partial charge in [-0.2, -0.15) is 0 Å². The number of likely N-dealkylation sites (tertiary alicyclic amines) is 1. The lowest BCUT2D eigenvalue weighted by atomic mass is 9.97. The summed E-state index contributed by atoms with van der Waals surface area (Å²) in [4.78, 5) is 47.7. The predicted molar refractivity (Wildman–Crippen MR) is 130 cm³/mol. The number of carbonyl (C=O) groups is 3. The zero-order valence-corrected chi connectivity index (χ0v) is 19.8. The molecule has 2 aliphatic heterocycles. The Morgan fingerprint density at radius 1 is 1.38 bits per heavy atom. The molecule has 3 amide bonds. The van der Waals surface area contributed by atoms with Crippen molar-refractivity contribution in [2.45, 2.75) is 44.7 Å². The number of hydrogen-bond donors (Lipinski definition) is 3. The van der Waals surface area contributed by atoms with Gasteiger partial charge in [0, 0.05) is 36.0 Å². The molecule has 2 fully saturated rings. The Morgan fingerprint density at radius 3 is 2.88 bits per heavy atom. The van der Waals surface area contributed by atoms with Crippen LogP contribution in [0.3, 0.4) is 0 Å². The van der Waals surface area contributed by atoms with Gasteiger partial charge in [-0.15, -0.1) is 0 Å². The summed E-state index contributed by atoms with van der Waals surface area (Å²) in [6.45, 7) is 7.14. The molecular weight excluding hydrogens is 434 g/mol. The van der Waals surface area contributed by atoms with E-state index in [1.54, 1.807) is 18.1 Å². The van der Waals surface area contributed by atoms with Gasteiger partial charge in [0.05, 0.1) is 13.7 Å². The third-order valence-corrected chi connectivity index (χ3v) is 7.03. The molecular formula is C25H33N5O4. The van der Waals surface area contributed by atoms with E-state index in [2.05, 4.69) is 34.3 Å². The molecule has 34 heavy (non-hydrogen) atoms. The van der Waals surface area contributed by atoms with E-state index in [1.807, 2.05) is 18.2 Å². The maximum absolute atomic E-state index is 13.5. The first kappa shape index (κ1) is 23.8. The van der Waals surface area contributed by atoms with Crippen molar-refractivity contribution in [2.75, 3.05) is 26.7 Å². The van der Waals surface area contributed by atoms with Crippen LogP contribution >= 0.6 is 0 Å². The number of nitrogens with one attached hydrogen (secondary N) is 3. The van der Waals surface area contributed by atoms with Gasteiger partial charge in [-0.05, 0) is 50.1 Å². The Labute approximate surface area is 199 Å². The van der Waals surface area contributed by atoms with Crippen LogP contribution in [0.5, 0.6) is 5.75 Å². The highest BCUT2D eigenvalue weighted by Gasteiger charge is 2.40. The maximum Gasteiger partial charge on any atom is 0.270 e. The Bertz CT molecular complexity index is 1080. The second kappa shape index (κ2) is 10.3. The number of fused-ring (bicyclic) bond motifs is 1. The van der Waals surface area contributed by atoms with Crippen LogP contribution < -0.4 is 15.4 Å². The minimum atomic E-state index is -0.574. The molecule has 1 aromatic heterocycles. The summed E-state index contributed by atoms with van der Waals surface area (Å²) in [6.07, 6.45) is 2.75. The fourth-order valence-electron chi connectivity index (χ4n) is 5.11. The zero-order valence-electron chi connectivity index (χ0n) is 19.8. The number of aromatic nitrogens is 1. The van der Waals surface area contributed by atoms with E-state index in [9.17, 15) is 14.4 Å². The number of carbonyl (C=O) groups excluding carboxylic acids is 3. The summed E-state index contributed by atoms with van der Waals surface area (Å²) in [5.74, 6) is 0.396. The Morgan fingerprint density at radius 2 is 2.21 bits per heavy atom. The van der Waals surface area contributed by atoms with Gasteiger partial charge in [0.2, 0.25) is 11.8 Å². The normalized spacial score (nSPS) is 23.1. The van der Waals surface area contributed by atoms with Crippen molar-refractivity contribution in [3.8, 4) is 5.75 Å². The van der Waals surface area contributed by atoms with E-state index < -0.39 is 6.04 Å². The van der Waals surface area contributed by atoms with Crippen LogP contribution in [-0.2, 0) is 9.59 Å². The van der Waals surface area contributed by atoms with Gasteiger partial charge in [0.15, 0.2) is 0 Å². The van der Waals surface area contributed by atoms with Gasteiger partial charge in [-0.1, -0.05) is 19.4 Å². The third-order valence-electron chi connectivity index (χ3n) is 7.03. The molecule has 0 spiro atoms. The molecule has 4 rings (SSSR count). The fourth-order valence-corrected chi connectivity index (χ4v) is 5.11. The number of aromatic amines is 1. The average Bonchev–Trinajstić information content (AvgIpc) is 3.56. The van der Waals surface area contributed by atoms with E-state index in [-0.39, 0.29) is 35.6 Å². The van der Waals surface area contributed by atoms with E-state index in [0.29, 0.717) is 43.9 Å². The summed E-state index contributed by atoms with van der Waals surface area (Å²) in [5, 5.41) is 6.72. The van der Waals surface area contributed by atoms with Crippen LogP contribution in [0, 0.1) is 11.8 Å². The molecule has 2 aliphatic rings. The van der Waals surface area contributed by atoms with Gasteiger partial charge in [-0.3, -0.25) is 19.4 Å². The fraction of sp³-hybridized carbons (Fsp3) is 0.520. The summed E-state index contributed by atoms with van der Waals surface area (Å²) in [6, 6.07) is 6.52. The molecule has 0 bridgehead atoms. The van der Waals surface area contributed by atoms with E-state index in [4.69, 9.17) is 4.74 Å². The lowest BCUT2D eigenvalue weighted by Crippen LogP contribution is -2.50. The molecule has 4 atom stereocenters. The Kier molecular flexibility index (Phi) is 7.19. The quantitative estimate of drug-likeness (QED) is 0.490.